The molecule has 2 saturated heterocycles. The minimum Gasteiger partial charge on any atom is -0.461 e. The summed E-state index contributed by atoms with van der Waals surface area (Å²) in [5.74, 6) is -3.19. The Hall–Kier alpha value is -2.94. The molecular weight excluding hydrogens is 636 g/mol. The molecule has 7 bridgehead atoms. The second-order valence-corrected chi connectivity index (χ2v) is 15.7. The second-order valence-electron chi connectivity index (χ2n) is 15.7. The Morgan fingerprint density at radius 2 is 1.82 bits per heavy atom. The summed E-state index contributed by atoms with van der Waals surface area (Å²) in [5.41, 5.74) is -5.15. The maximum atomic E-state index is 14.0. The second kappa shape index (κ2) is 11.0. The average Bonchev–Trinajstić information content (AvgIpc) is 3.63. The molecule has 266 valence electrons. The number of fused-ring (bicyclic) bond motifs is 2. The number of ether oxygens (including phenoxy) is 5. The van der Waals surface area contributed by atoms with E-state index in [0.29, 0.717) is 19.3 Å². The summed E-state index contributed by atoms with van der Waals surface area (Å²) in [6.07, 6.45) is 0.516. The van der Waals surface area contributed by atoms with Gasteiger partial charge in [-0.2, -0.15) is 0 Å². The van der Waals surface area contributed by atoms with Crippen LogP contribution in [0.5, 0.6) is 0 Å². The van der Waals surface area contributed by atoms with Gasteiger partial charge in [-0.1, -0.05) is 19.1 Å². The summed E-state index contributed by atoms with van der Waals surface area (Å²) in [6.45, 7) is 1.73. The number of nitrogens with zero attached hydrogens (tertiary/aromatic N) is 2. The number of imide groups is 1. The molecule has 7 aliphatic rings. The van der Waals surface area contributed by atoms with Gasteiger partial charge in [-0.25, -0.2) is 9.69 Å². The van der Waals surface area contributed by atoms with Crippen molar-refractivity contribution in [2.24, 2.45) is 40.4 Å². The van der Waals surface area contributed by atoms with Crippen molar-refractivity contribution in [2.45, 2.75) is 80.7 Å². The number of aliphatic hydroxyl groups is 2. The predicted molar refractivity (Wildman–Crippen MR) is 170 cm³/mol. The highest BCUT2D eigenvalue weighted by molar-refractivity contribution is 6.22. The minimum atomic E-state index is -1.93. The largest absolute Gasteiger partial charge is 0.461 e. The molecule has 14 atom stereocenters. The van der Waals surface area contributed by atoms with E-state index >= 15 is 0 Å². The lowest BCUT2D eigenvalue weighted by molar-refractivity contribution is -0.315. The fourth-order valence-corrected chi connectivity index (χ4v) is 12.9. The van der Waals surface area contributed by atoms with Crippen molar-refractivity contribution in [3.8, 4) is 0 Å². The zero-order valence-electron chi connectivity index (χ0n) is 28.6. The zero-order chi connectivity index (χ0) is 34.8. The van der Waals surface area contributed by atoms with E-state index in [-0.39, 0.29) is 67.0 Å². The number of rotatable bonds is 9. The smallest absolute Gasteiger partial charge is 0.340 e. The highest BCUT2D eigenvalue weighted by atomic mass is 16.5. The molecule has 5 aliphatic carbocycles. The normalized spacial score (nSPS) is 47.5. The number of piperidine rings is 1. The van der Waals surface area contributed by atoms with Crippen LogP contribution in [0.2, 0.25) is 0 Å². The first-order chi connectivity index (χ1) is 23.4. The van der Waals surface area contributed by atoms with E-state index in [2.05, 4.69) is 0 Å². The molecule has 3 amide bonds. The quantitative estimate of drug-likeness (QED) is 0.219. The van der Waals surface area contributed by atoms with Crippen LogP contribution in [0, 0.1) is 40.4 Å². The Kier molecular flexibility index (Phi) is 7.48. The van der Waals surface area contributed by atoms with Crippen LogP contribution in [0.15, 0.2) is 24.3 Å². The van der Waals surface area contributed by atoms with Crippen molar-refractivity contribution in [1.29, 1.82) is 0 Å². The van der Waals surface area contributed by atoms with Crippen molar-refractivity contribution >= 4 is 29.9 Å². The average molecular weight is 683 g/mol. The van der Waals surface area contributed by atoms with Crippen LogP contribution in [0.1, 0.15) is 49.4 Å². The Labute approximate surface area is 285 Å². The number of carbonyl (C=O) groups excluding carboxylic acids is 4. The van der Waals surface area contributed by atoms with Crippen molar-refractivity contribution in [3.05, 3.63) is 29.8 Å². The van der Waals surface area contributed by atoms with Gasteiger partial charge in [-0.3, -0.25) is 14.4 Å². The minimum absolute atomic E-state index is 0.0455. The van der Waals surface area contributed by atoms with Gasteiger partial charge >= 0.3 is 5.97 Å². The molecule has 49 heavy (non-hydrogen) atoms. The number of likely N-dealkylation sites (tertiary alicyclic amines) is 1. The van der Waals surface area contributed by atoms with Crippen LogP contribution in [0.4, 0.5) is 5.69 Å². The molecule has 1 aromatic carbocycles. The number of benzene rings is 1. The summed E-state index contributed by atoms with van der Waals surface area (Å²) in [6, 6.07) is 5.57. The molecule has 0 unspecified atom stereocenters. The van der Waals surface area contributed by atoms with Gasteiger partial charge in [0.05, 0.1) is 48.3 Å². The molecule has 13 heteroatoms. The Balaban J connectivity index is 1.24. The van der Waals surface area contributed by atoms with Gasteiger partial charge in [0.25, 0.3) is 0 Å². The number of para-hydroxylation sites is 1. The lowest BCUT2D eigenvalue weighted by Gasteiger charge is -2.69. The molecule has 2 N–H and O–H groups in total. The van der Waals surface area contributed by atoms with E-state index < -0.39 is 70.1 Å². The van der Waals surface area contributed by atoms with Gasteiger partial charge in [0.1, 0.15) is 11.2 Å². The van der Waals surface area contributed by atoms with Gasteiger partial charge in [0, 0.05) is 82.3 Å². The molecule has 1 aromatic rings. The third-order valence-electron chi connectivity index (χ3n) is 14.2. The van der Waals surface area contributed by atoms with Gasteiger partial charge < -0.3 is 38.8 Å². The van der Waals surface area contributed by atoms with E-state index in [4.69, 9.17) is 23.7 Å². The Bertz CT molecular complexity index is 1590. The van der Waals surface area contributed by atoms with Gasteiger partial charge in [-0.15, -0.1) is 0 Å². The zero-order valence-corrected chi connectivity index (χ0v) is 28.6. The third-order valence-corrected chi connectivity index (χ3v) is 14.2. The fraction of sp³-hybridized carbons (Fsp3) is 0.722. The summed E-state index contributed by atoms with van der Waals surface area (Å²) in [5, 5.41) is 26.3. The summed E-state index contributed by atoms with van der Waals surface area (Å²) in [7, 11) is 6.41. The Morgan fingerprint density at radius 3 is 2.45 bits per heavy atom. The summed E-state index contributed by atoms with van der Waals surface area (Å²) in [4.78, 5) is 55.6. The third kappa shape index (κ3) is 3.76. The lowest BCUT2D eigenvalue weighted by Crippen LogP contribution is -2.82. The fourth-order valence-electron chi connectivity index (χ4n) is 12.9. The number of methoxy groups -OCH3 is 4. The maximum absolute atomic E-state index is 14.0. The standard InChI is InChI=1S/C36H46N2O11/c1-18-12-25(40)38(30(18)41)22-9-7-6-8-19(22)31(42)49-16-33-11-10-24(46-3)35-21-13-20-23(45-2)14-34(43,26(21)27(20)47-4)36(44,29(48-5)28(33)35)32(35)37(15-33)17-39/h6-9,17-18,20-21,23-24,26-29,32,43-44H,10-16H2,1-5H3/t18-,20+,21+,23-,24-,26+,27-,28+,29-,32-,33-,34+,35-,36+/m0/s1. The first-order valence-electron chi connectivity index (χ1n) is 17.3. The van der Waals surface area contributed by atoms with Crippen LogP contribution in [-0.2, 0) is 38.1 Å². The van der Waals surface area contributed by atoms with Crippen LogP contribution >= 0.6 is 0 Å². The van der Waals surface area contributed by atoms with E-state index in [9.17, 15) is 29.4 Å². The topological polar surface area (TPSA) is 161 Å². The van der Waals surface area contributed by atoms with Crippen molar-refractivity contribution in [2.75, 3.05) is 46.5 Å². The number of hydrogen-bond donors (Lipinski definition) is 2. The summed E-state index contributed by atoms with van der Waals surface area (Å²) < 4.78 is 30.9. The molecule has 0 radical (unpaired) electrons. The highest BCUT2D eigenvalue weighted by Crippen LogP contribution is 2.80. The van der Waals surface area contributed by atoms with Crippen LogP contribution in [0.25, 0.3) is 0 Å². The Morgan fingerprint density at radius 1 is 1.06 bits per heavy atom. The van der Waals surface area contributed by atoms with E-state index in [1.165, 1.54) is 13.2 Å². The number of esters is 1. The lowest BCUT2D eigenvalue weighted by atomic mass is 9.42. The molecule has 8 rings (SSSR count). The SMILES string of the molecule is CO[C@H]1[C@@H]2C[C@@H]3[C@H]1[C@](O)(C[C@@H]2OC)[C@@]1(O)[C@@H](OC)[C@@H]2[C@@]4(COC(=O)c5ccccc5N5C(=O)C[C@H](C)C5=O)CC[C@H](OC)[C@@]32[C@@H]1N(C=O)C4. The van der Waals surface area contributed by atoms with Gasteiger partial charge in [-0.05, 0) is 37.3 Å². The van der Waals surface area contributed by atoms with Gasteiger partial charge in [0.15, 0.2) is 0 Å². The highest BCUT2D eigenvalue weighted by Gasteiger charge is 2.92. The van der Waals surface area contributed by atoms with E-state index in [0.717, 1.165) is 11.3 Å². The predicted octanol–water partition coefficient (Wildman–Crippen LogP) is 1.17. The molecule has 5 saturated carbocycles. The molecule has 7 fully saturated rings. The molecule has 0 aromatic heterocycles. The molecule has 2 aliphatic heterocycles. The van der Waals surface area contributed by atoms with Crippen LogP contribution < -0.4 is 4.90 Å². The van der Waals surface area contributed by atoms with Crippen LogP contribution in [0.3, 0.4) is 0 Å². The maximum Gasteiger partial charge on any atom is 0.340 e. The van der Waals surface area contributed by atoms with Crippen molar-refractivity contribution in [3.63, 3.8) is 0 Å². The van der Waals surface area contributed by atoms with Gasteiger partial charge in [0.2, 0.25) is 18.2 Å². The van der Waals surface area contributed by atoms with Crippen molar-refractivity contribution < 1.29 is 53.1 Å². The first-order valence-corrected chi connectivity index (χ1v) is 17.3. The molecule has 1 spiro atoms. The first kappa shape index (κ1) is 33.2. The monoisotopic (exact) mass is 682 g/mol. The number of hydrogen-bond acceptors (Lipinski definition) is 11. The number of amides is 3. The molecular formula is C36H46N2O11. The summed E-state index contributed by atoms with van der Waals surface area (Å²) >= 11 is 0. The number of carbonyl (C=O) groups is 4. The van der Waals surface area contributed by atoms with Crippen molar-refractivity contribution in [1.82, 2.24) is 4.90 Å². The van der Waals surface area contributed by atoms with Crippen LogP contribution in [-0.4, -0.2) is 123 Å². The molecule has 2 heterocycles. The number of anilines is 1. The molecule has 13 nitrogen and oxygen atoms in total. The van der Waals surface area contributed by atoms with E-state index in [1.807, 2.05) is 0 Å². The van der Waals surface area contributed by atoms with E-state index in [1.54, 1.807) is 51.4 Å².